The number of aliphatic hydroxyl groups excluding tert-OH is 1. The number of rotatable bonds is 20. The number of nitrogens with one attached hydrogen (secondary N) is 2. The number of ether oxygens (including phenoxy) is 4. The number of fused-ring (bicyclic) bond motifs is 3. The van der Waals surface area contributed by atoms with Crippen LogP contribution in [0, 0.1) is 0 Å². The van der Waals surface area contributed by atoms with Gasteiger partial charge >= 0.3 is 6.09 Å². The summed E-state index contributed by atoms with van der Waals surface area (Å²) in [5.74, 6) is -3.16. The number of carbonyl (C=O) groups excluding carboxylic acids is 4. The maximum atomic E-state index is 14.1. The third kappa shape index (κ3) is 12.8. The van der Waals surface area contributed by atoms with E-state index in [1.165, 1.54) is 41.2 Å². The minimum Gasteiger partial charge on any atom is -0.507 e. The van der Waals surface area contributed by atoms with Crippen molar-refractivity contribution in [3.63, 3.8) is 0 Å². The fourth-order valence-electron chi connectivity index (χ4n) is 11.6. The zero-order valence-corrected chi connectivity index (χ0v) is 49.9. The van der Waals surface area contributed by atoms with Crippen LogP contribution in [0.15, 0.2) is 140 Å². The van der Waals surface area contributed by atoms with Crippen LogP contribution in [0.4, 0.5) is 10.5 Å². The number of ketones is 2. The number of alkyl halides is 3. The van der Waals surface area contributed by atoms with E-state index in [1.54, 1.807) is 58.5 Å². The Morgan fingerprint density at radius 3 is 2.08 bits per heavy atom. The van der Waals surface area contributed by atoms with Crippen molar-refractivity contribution in [1.82, 2.24) is 20.3 Å². The van der Waals surface area contributed by atoms with E-state index in [2.05, 4.69) is 112 Å². The molecular weight excluding hydrogens is 1240 g/mol. The van der Waals surface area contributed by atoms with Gasteiger partial charge in [0, 0.05) is 60.8 Å². The highest BCUT2D eigenvalue weighted by atomic mass is 127. The number of unbranched alkanes of at least 4 members (excludes halogenated alkanes) is 3. The van der Waals surface area contributed by atoms with Crippen LogP contribution in [0.25, 0.3) is 0 Å². The number of phenols is 2. The summed E-state index contributed by atoms with van der Waals surface area (Å²) in [6.45, 7) is 2.19. The van der Waals surface area contributed by atoms with Gasteiger partial charge in [-0.3, -0.25) is 19.1 Å². The Hall–Kier alpha value is -6.48. The Morgan fingerprint density at radius 2 is 1.46 bits per heavy atom. The Morgan fingerprint density at radius 1 is 0.831 bits per heavy atom. The molecule has 1 fully saturated rings. The summed E-state index contributed by atoms with van der Waals surface area (Å²) in [4.78, 5) is 53.2. The number of halogens is 3. The average Bonchev–Trinajstić information content (AvgIpc) is 1.23. The number of benzene rings is 6. The Balaban J connectivity index is 0.817. The topological polar surface area (TPSA) is 241 Å². The van der Waals surface area contributed by atoms with Crippen molar-refractivity contribution in [1.29, 1.82) is 0 Å². The lowest BCUT2D eigenvalue weighted by atomic mass is 9.76. The highest BCUT2D eigenvalue weighted by molar-refractivity contribution is 14.1. The third-order valence-electron chi connectivity index (χ3n) is 15.6. The van der Waals surface area contributed by atoms with Crippen molar-refractivity contribution in [3.8, 4) is 17.2 Å². The summed E-state index contributed by atoms with van der Waals surface area (Å²) in [5.41, 5.74) is 0.542. The van der Waals surface area contributed by atoms with Crippen LogP contribution in [0.1, 0.15) is 112 Å². The molecule has 0 spiro atoms. The third-order valence-corrected chi connectivity index (χ3v) is 21.3. The lowest BCUT2D eigenvalue weighted by Gasteiger charge is -2.42. The molecule has 3 aliphatic rings. The number of amides is 2. The molecule has 0 radical (unpaired) electrons. The van der Waals surface area contributed by atoms with Crippen molar-refractivity contribution >= 4 is 98.2 Å². The zero-order chi connectivity index (χ0) is 58.6. The van der Waals surface area contributed by atoms with E-state index in [9.17, 15) is 39.6 Å². The fourth-order valence-corrected chi connectivity index (χ4v) is 16.9. The van der Waals surface area contributed by atoms with E-state index in [0.717, 1.165) is 31.8 Å². The van der Waals surface area contributed by atoms with Gasteiger partial charge in [0.25, 0.3) is 5.91 Å². The zero-order valence-electron chi connectivity index (χ0n) is 45.4. The maximum absolute atomic E-state index is 14.1. The van der Waals surface area contributed by atoms with Crippen LogP contribution in [0.5, 0.6) is 17.2 Å². The van der Waals surface area contributed by atoms with Crippen molar-refractivity contribution in [2.45, 2.75) is 110 Å². The second-order valence-corrected chi connectivity index (χ2v) is 27.7. The molecule has 7 atom stereocenters. The molecular formula is C62H62Cl2IN5O12P+. The van der Waals surface area contributed by atoms with Crippen LogP contribution in [0.2, 0.25) is 0 Å². The first-order chi connectivity index (χ1) is 40.0. The number of nitrogens with zero attached hydrogens (tertiary/aromatic N) is 3. The summed E-state index contributed by atoms with van der Waals surface area (Å²) in [5, 5.41) is 65.1. The summed E-state index contributed by atoms with van der Waals surface area (Å²) < 4.78 is 24.3. The molecule has 83 heavy (non-hydrogen) atoms. The van der Waals surface area contributed by atoms with Gasteiger partial charge in [-0.15, -0.1) is 5.10 Å². The van der Waals surface area contributed by atoms with E-state index in [1.807, 2.05) is 6.20 Å². The van der Waals surface area contributed by atoms with Crippen LogP contribution in [-0.4, -0.2) is 105 Å². The Labute approximate surface area is 504 Å². The summed E-state index contributed by atoms with van der Waals surface area (Å²) in [7, 11) is -0.596. The molecule has 10 rings (SSSR count). The van der Waals surface area contributed by atoms with Crippen LogP contribution in [-0.2, 0) is 38.4 Å². The van der Waals surface area contributed by atoms with Crippen molar-refractivity contribution < 1.29 is 58.6 Å². The fraction of sp³-hybridized carbons (Fsp3) is 0.323. The van der Waals surface area contributed by atoms with Gasteiger partial charge < -0.3 is 50.0 Å². The van der Waals surface area contributed by atoms with Gasteiger partial charge in [0.1, 0.15) is 56.2 Å². The van der Waals surface area contributed by atoms with Crippen LogP contribution in [0.3, 0.4) is 0 Å². The number of methoxy groups -OCH3 is 1. The lowest BCUT2D eigenvalue weighted by molar-refractivity contribution is -0.246. The molecule has 1 aliphatic heterocycles. The lowest BCUT2D eigenvalue weighted by Crippen LogP contribution is -2.55. The van der Waals surface area contributed by atoms with Gasteiger partial charge in [0.2, 0.25) is 5.78 Å². The largest absolute Gasteiger partial charge is 0.507 e. The van der Waals surface area contributed by atoms with E-state index in [4.69, 9.17) is 42.1 Å². The van der Waals surface area contributed by atoms with Gasteiger partial charge in [0.15, 0.2) is 16.9 Å². The van der Waals surface area contributed by atoms with Gasteiger partial charge in [-0.25, -0.2) is 4.79 Å². The van der Waals surface area contributed by atoms with E-state index in [-0.39, 0.29) is 53.7 Å². The molecule has 0 bridgehead atoms. The van der Waals surface area contributed by atoms with Gasteiger partial charge in [-0.1, -0.05) is 114 Å². The average molecular weight is 1300 g/mol. The Bertz CT molecular complexity index is 3390. The molecule has 1 saturated heterocycles. The molecule has 0 saturated carbocycles. The number of aryl methyl sites for hydroxylation is 1. The number of carbonyl (C=O) groups is 4. The molecule has 432 valence electrons. The molecule has 2 unspecified atom stereocenters. The highest BCUT2D eigenvalue weighted by Gasteiger charge is 2.48. The molecule has 2 amide bonds. The second kappa shape index (κ2) is 25.8. The smallest absolute Gasteiger partial charge is 0.408 e. The van der Waals surface area contributed by atoms with Gasteiger partial charge in [-0.2, -0.15) is 0 Å². The summed E-state index contributed by atoms with van der Waals surface area (Å²) >= 11 is 13.4. The maximum Gasteiger partial charge on any atom is 0.408 e. The normalized spacial score (nSPS) is 20.7. The SMILES string of the molecule is COc1cccc2c1C(=O)c1c(O)c3c(c(O)c1C2=O)C[C@@](O)(I)C[C@@H]3OC1C[C@H](NC(=O)OC(Cc2cn(CCCCCC[P+](c3ccccc3)(c3ccccc3)c3ccccc3)nn2)c2ccc(NC(=O)C(Cl)Cl)cc2)[C@H](O)[C@H](C)O1. The molecule has 17 nitrogen and oxygen atoms in total. The number of alkyl carbamates (subject to hydrolysis) is 1. The van der Waals surface area contributed by atoms with E-state index < -0.39 is 98.6 Å². The molecule has 21 heteroatoms. The first kappa shape index (κ1) is 59.7. The number of anilines is 1. The first-order valence-corrected chi connectivity index (χ1v) is 31.3. The molecule has 7 aromatic rings. The number of phenolic OH excluding ortho intramolecular Hbond substituents is 2. The van der Waals surface area contributed by atoms with Gasteiger partial charge in [-0.05, 0) is 109 Å². The highest BCUT2D eigenvalue weighted by Crippen LogP contribution is 2.57. The van der Waals surface area contributed by atoms with Crippen molar-refractivity contribution in [2.24, 2.45) is 0 Å². The number of hydrogen-bond donors (Lipinski definition) is 6. The monoisotopic (exact) mass is 1300 g/mol. The number of aromatic nitrogens is 3. The van der Waals surface area contributed by atoms with E-state index >= 15 is 0 Å². The minimum atomic E-state index is -1.94. The van der Waals surface area contributed by atoms with Crippen LogP contribution < -0.4 is 31.3 Å². The summed E-state index contributed by atoms with van der Waals surface area (Å²) in [6.07, 6.45) is -0.168. The number of aromatic hydroxyl groups is 2. The second-order valence-electron chi connectivity index (χ2n) is 21.0. The molecule has 6 aromatic carbocycles. The molecule has 1 aromatic heterocycles. The number of aliphatic hydroxyl groups is 2. The molecule has 6 N–H and O–H groups in total. The first-order valence-electron chi connectivity index (χ1n) is 27.3. The predicted octanol–water partition coefficient (Wildman–Crippen LogP) is 9.47. The minimum absolute atomic E-state index is 0.00801. The predicted molar refractivity (Wildman–Crippen MR) is 325 cm³/mol. The standard InChI is InChI=1S/C62H61Cl2IN5O12P/c1-36-54(71)45(32-49(80-36)81-48-34-62(65,78)33-44-51(48)58(75)53-52(56(44)73)55(72)43-23-16-24-46(79-2)50(43)57(53)74)67-61(77)82-47(37-25-27-38(28-26-37)66-60(76)59(63)64)31-39-35-70(69-68-39)29-14-3-4-15-30-83(40-17-8-5-9-18-40,41-19-10-6-11-20-41)42-21-12-7-13-22-42/h5-13,16-28,35-36,45,47-49,54,59,71,78H,3-4,14-15,29-34H2,1-2H3,(H3-,66,67,68,69,72,73,74,75,76,77)/p+1/t36-,45-,47?,48-,49?,54+,62-/m0/s1. The van der Waals surface area contributed by atoms with Crippen molar-refractivity contribution in [2.75, 3.05) is 18.6 Å². The van der Waals surface area contributed by atoms with E-state index in [0.29, 0.717) is 23.5 Å². The molecule has 2 heterocycles. The Kier molecular flexibility index (Phi) is 18.5. The molecule has 2 aliphatic carbocycles. The van der Waals surface area contributed by atoms with Crippen LogP contribution >= 0.6 is 53.1 Å². The van der Waals surface area contributed by atoms with Crippen molar-refractivity contribution in [3.05, 3.63) is 184 Å². The van der Waals surface area contributed by atoms with Gasteiger partial charge in [0.05, 0.1) is 53.9 Å². The summed E-state index contributed by atoms with van der Waals surface area (Å²) in [6, 6.07) is 42.6. The quantitative estimate of drug-likeness (QED) is 0.0137. The number of hydrogen-bond acceptors (Lipinski definition) is 14.